The molecule has 0 radical (unpaired) electrons. The van der Waals surface area contributed by atoms with E-state index in [0.29, 0.717) is 25.0 Å². The molecule has 2 N–H and O–H groups in total. The normalized spacial score (nSPS) is 23.5. The lowest BCUT2D eigenvalue weighted by atomic mass is 10.1. The van der Waals surface area contributed by atoms with Gasteiger partial charge in [-0.3, -0.25) is 10.1 Å². The molecule has 8 heteroatoms. The van der Waals surface area contributed by atoms with Crippen LogP contribution in [0.5, 0.6) is 5.75 Å². The molecule has 0 aromatic heterocycles. The molecule has 2 aliphatic rings. The number of rotatable bonds is 6. The number of urea groups is 1. The van der Waals surface area contributed by atoms with Gasteiger partial charge >= 0.3 is 6.03 Å². The molecule has 0 bridgehead atoms. The zero-order chi connectivity index (χ0) is 19.6. The van der Waals surface area contributed by atoms with Crippen molar-refractivity contribution in [3.63, 3.8) is 0 Å². The van der Waals surface area contributed by atoms with Gasteiger partial charge in [0.25, 0.3) is 5.91 Å². The first-order valence-corrected chi connectivity index (χ1v) is 9.19. The highest BCUT2D eigenvalue weighted by Gasteiger charge is 2.49. The maximum absolute atomic E-state index is 12.5. The number of methoxy groups -OCH3 is 1. The fraction of sp³-hybridized carbons (Fsp3) is 0.526. The van der Waals surface area contributed by atoms with Crippen LogP contribution < -0.4 is 15.4 Å². The number of guanidine groups is 1. The Kier molecular flexibility index (Phi) is 5.53. The zero-order valence-corrected chi connectivity index (χ0v) is 16.2. The van der Waals surface area contributed by atoms with E-state index in [4.69, 9.17) is 9.73 Å². The smallest absolute Gasteiger partial charge is 0.325 e. The van der Waals surface area contributed by atoms with Gasteiger partial charge in [-0.15, -0.1) is 0 Å². The van der Waals surface area contributed by atoms with E-state index in [9.17, 15) is 9.59 Å². The van der Waals surface area contributed by atoms with Crippen LogP contribution in [-0.4, -0.2) is 60.6 Å². The van der Waals surface area contributed by atoms with Gasteiger partial charge in [-0.25, -0.2) is 9.79 Å². The quantitative estimate of drug-likeness (QED) is 0.787. The monoisotopic (exact) mass is 373 g/mol. The largest absolute Gasteiger partial charge is 0.497 e. The van der Waals surface area contributed by atoms with Gasteiger partial charge in [-0.05, 0) is 30.0 Å². The van der Waals surface area contributed by atoms with Crippen molar-refractivity contribution in [3.8, 4) is 5.75 Å². The maximum Gasteiger partial charge on any atom is 0.325 e. The number of carbonyl (C=O) groups excluding carboxylic acids is 2. The van der Waals surface area contributed by atoms with Crippen LogP contribution >= 0.6 is 0 Å². The lowest BCUT2D eigenvalue weighted by Gasteiger charge is -2.35. The third-order valence-electron chi connectivity index (χ3n) is 4.94. The second-order valence-electron chi connectivity index (χ2n) is 7.30. The molecule has 0 spiro atoms. The first-order valence-electron chi connectivity index (χ1n) is 9.19. The number of hydrogen-bond acceptors (Lipinski definition) is 4. The summed E-state index contributed by atoms with van der Waals surface area (Å²) in [4.78, 5) is 32.6. The Hall–Kier alpha value is -2.77. The molecule has 2 fully saturated rings. The highest BCUT2D eigenvalue weighted by Crippen LogP contribution is 2.22. The van der Waals surface area contributed by atoms with Crippen molar-refractivity contribution in [3.05, 3.63) is 29.8 Å². The predicted octanol–water partition coefficient (Wildman–Crippen LogP) is 1.38. The van der Waals surface area contributed by atoms with Crippen LogP contribution in [-0.2, 0) is 11.3 Å². The van der Waals surface area contributed by atoms with Crippen molar-refractivity contribution >= 4 is 17.9 Å². The fourth-order valence-electron chi connectivity index (χ4n) is 3.26. The predicted molar refractivity (Wildman–Crippen MR) is 102 cm³/mol. The zero-order valence-electron chi connectivity index (χ0n) is 16.2. The summed E-state index contributed by atoms with van der Waals surface area (Å²) in [5.74, 6) is 1.66. The average molecular weight is 373 g/mol. The lowest BCUT2D eigenvalue weighted by molar-refractivity contribution is -0.127. The number of likely N-dealkylation sites (N-methyl/N-ethyl adjacent to an activating group) is 1. The van der Waals surface area contributed by atoms with E-state index in [-0.39, 0.29) is 5.91 Å². The highest BCUT2D eigenvalue weighted by molar-refractivity contribution is 6.04. The van der Waals surface area contributed by atoms with E-state index in [0.717, 1.165) is 17.7 Å². The third kappa shape index (κ3) is 3.99. The Bertz CT molecular complexity index is 731. The minimum absolute atomic E-state index is 0.283. The van der Waals surface area contributed by atoms with Crippen molar-refractivity contribution < 1.29 is 14.3 Å². The van der Waals surface area contributed by atoms with Crippen LogP contribution in [0, 0.1) is 5.92 Å². The maximum atomic E-state index is 12.5. The van der Waals surface area contributed by atoms with Crippen molar-refractivity contribution in [1.29, 1.82) is 0 Å². The molecule has 2 unspecified atom stereocenters. The summed E-state index contributed by atoms with van der Waals surface area (Å²) in [5.41, 5.74) is 1.04. The third-order valence-corrected chi connectivity index (χ3v) is 4.94. The molecule has 27 heavy (non-hydrogen) atoms. The Morgan fingerprint density at radius 1 is 1.22 bits per heavy atom. The van der Waals surface area contributed by atoms with Gasteiger partial charge < -0.3 is 19.9 Å². The summed E-state index contributed by atoms with van der Waals surface area (Å²) in [6.45, 7) is 5.46. The van der Waals surface area contributed by atoms with E-state index in [2.05, 4.69) is 24.5 Å². The molecule has 2 aliphatic heterocycles. The average Bonchev–Trinajstić information content (AvgIpc) is 3.02. The van der Waals surface area contributed by atoms with Crippen LogP contribution in [0.2, 0.25) is 0 Å². The Morgan fingerprint density at radius 3 is 2.56 bits per heavy atom. The SMILES string of the molecule is COc1ccc(CN=C2NC3C(C(=O)NC(=O)N3C)N2CCC(C)C)cc1. The summed E-state index contributed by atoms with van der Waals surface area (Å²) in [6, 6.07) is 6.86. The Labute approximate surface area is 159 Å². The van der Waals surface area contributed by atoms with Crippen LogP contribution in [0.15, 0.2) is 29.3 Å². The summed E-state index contributed by atoms with van der Waals surface area (Å²) >= 11 is 0. The Balaban J connectivity index is 1.82. The second kappa shape index (κ2) is 7.85. The van der Waals surface area contributed by atoms with E-state index < -0.39 is 18.2 Å². The molecule has 3 rings (SSSR count). The van der Waals surface area contributed by atoms with Gasteiger partial charge in [-0.1, -0.05) is 26.0 Å². The Morgan fingerprint density at radius 2 is 1.93 bits per heavy atom. The minimum Gasteiger partial charge on any atom is -0.497 e. The first-order chi connectivity index (χ1) is 12.9. The van der Waals surface area contributed by atoms with E-state index >= 15 is 0 Å². The van der Waals surface area contributed by atoms with Crippen LogP contribution in [0.3, 0.4) is 0 Å². The number of nitrogens with zero attached hydrogens (tertiary/aromatic N) is 3. The number of fused-ring (bicyclic) bond motifs is 1. The van der Waals surface area contributed by atoms with Gasteiger partial charge in [-0.2, -0.15) is 0 Å². The molecule has 3 amide bonds. The lowest BCUT2D eigenvalue weighted by Crippen LogP contribution is -2.64. The van der Waals surface area contributed by atoms with Crippen molar-refractivity contribution in [1.82, 2.24) is 20.4 Å². The number of nitrogens with one attached hydrogen (secondary N) is 2. The van der Waals surface area contributed by atoms with E-state index in [1.165, 1.54) is 4.90 Å². The van der Waals surface area contributed by atoms with Crippen LogP contribution in [0.1, 0.15) is 25.8 Å². The van der Waals surface area contributed by atoms with Gasteiger partial charge in [0.1, 0.15) is 11.9 Å². The van der Waals surface area contributed by atoms with Gasteiger partial charge in [0.05, 0.1) is 13.7 Å². The number of benzene rings is 1. The standard InChI is InChI=1S/C19H27N5O3/c1-12(2)9-10-24-15-16(23(3)19(26)22-17(15)25)21-18(24)20-11-13-5-7-14(27-4)8-6-13/h5-8,12,15-16H,9-11H2,1-4H3,(H,20,21)(H,22,25,26). The summed E-state index contributed by atoms with van der Waals surface area (Å²) < 4.78 is 5.18. The number of hydrogen-bond donors (Lipinski definition) is 2. The molecule has 2 heterocycles. The van der Waals surface area contributed by atoms with Crippen molar-refractivity contribution in [2.45, 2.75) is 39.0 Å². The molecule has 146 valence electrons. The topological polar surface area (TPSA) is 86.3 Å². The number of ether oxygens (including phenoxy) is 1. The number of imide groups is 1. The van der Waals surface area contributed by atoms with Gasteiger partial charge in [0.15, 0.2) is 12.0 Å². The molecule has 2 atom stereocenters. The van der Waals surface area contributed by atoms with Crippen LogP contribution in [0.25, 0.3) is 0 Å². The molecule has 1 aromatic rings. The molecule has 2 saturated heterocycles. The van der Waals surface area contributed by atoms with Crippen LogP contribution in [0.4, 0.5) is 4.79 Å². The second-order valence-corrected chi connectivity index (χ2v) is 7.30. The molecule has 0 saturated carbocycles. The number of aliphatic imine (C=N–C) groups is 1. The molecular formula is C19H27N5O3. The first kappa shape index (κ1) is 19.0. The number of carbonyl (C=O) groups is 2. The minimum atomic E-state index is -0.471. The molecule has 1 aromatic carbocycles. The van der Waals surface area contributed by atoms with Crippen molar-refractivity contribution in [2.24, 2.45) is 10.9 Å². The molecule has 0 aliphatic carbocycles. The summed E-state index contributed by atoms with van der Waals surface area (Å²) in [6.07, 6.45) is 0.519. The molecular weight excluding hydrogens is 346 g/mol. The van der Waals surface area contributed by atoms with E-state index in [1.807, 2.05) is 29.2 Å². The summed E-state index contributed by atoms with van der Waals surface area (Å²) in [5, 5.41) is 5.69. The molecule has 8 nitrogen and oxygen atoms in total. The fourth-order valence-corrected chi connectivity index (χ4v) is 3.26. The highest BCUT2D eigenvalue weighted by atomic mass is 16.5. The van der Waals surface area contributed by atoms with Gasteiger partial charge in [0.2, 0.25) is 0 Å². The van der Waals surface area contributed by atoms with Gasteiger partial charge in [0, 0.05) is 13.6 Å². The number of amides is 3. The van der Waals surface area contributed by atoms with E-state index in [1.54, 1.807) is 14.2 Å². The van der Waals surface area contributed by atoms with Crippen molar-refractivity contribution in [2.75, 3.05) is 20.7 Å². The summed E-state index contributed by atoms with van der Waals surface area (Å²) in [7, 11) is 3.31.